The van der Waals surface area contributed by atoms with Crippen LogP contribution in [0.3, 0.4) is 0 Å². The van der Waals surface area contributed by atoms with Crippen molar-refractivity contribution >= 4 is 17.8 Å². The molecule has 1 unspecified atom stereocenters. The summed E-state index contributed by atoms with van der Waals surface area (Å²) >= 11 is 0. The highest BCUT2D eigenvalue weighted by Gasteiger charge is 2.40. The van der Waals surface area contributed by atoms with Crippen LogP contribution in [0.2, 0.25) is 0 Å². The lowest BCUT2D eigenvalue weighted by atomic mass is 9.76. The number of likely N-dealkylation sites (N-methyl/N-ethyl adjacent to an activating group) is 2. The Bertz CT molecular complexity index is 1040. The third kappa shape index (κ3) is 9.73. The molecule has 0 saturated heterocycles. The molecule has 8 heteroatoms. The zero-order valence-electron chi connectivity index (χ0n) is 26.8. The van der Waals surface area contributed by atoms with Crippen molar-refractivity contribution < 1.29 is 24.2 Å². The average molecular weight is 560 g/mol. The van der Waals surface area contributed by atoms with E-state index in [1.54, 1.807) is 14.1 Å². The summed E-state index contributed by atoms with van der Waals surface area (Å²) in [4.78, 5) is 39.6. The zero-order valence-corrected chi connectivity index (χ0v) is 26.8. The maximum Gasteiger partial charge on any atom is 0.331 e. The second kappa shape index (κ2) is 14.3. The van der Waals surface area contributed by atoms with Gasteiger partial charge in [0.05, 0.1) is 11.6 Å². The van der Waals surface area contributed by atoms with Crippen LogP contribution in [0.5, 0.6) is 0 Å². The van der Waals surface area contributed by atoms with E-state index in [1.807, 2.05) is 46.8 Å². The number of hydrogen-bond acceptors (Lipinski definition) is 5. The van der Waals surface area contributed by atoms with Gasteiger partial charge >= 0.3 is 5.97 Å². The first-order valence-electron chi connectivity index (χ1n) is 14.1. The van der Waals surface area contributed by atoms with E-state index < -0.39 is 34.5 Å². The Labute approximate surface area is 241 Å². The lowest BCUT2D eigenvalue weighted by molar-refractivity contribution is -0.139. The maximum absolute atomic E-state index is 13.7. The third-order valence-corrected chi connectivity index (χ3v) is 7.54. The van der Waals surface area contributed by atoms with Crippen molar-refractivity contribution in [3.8, 4) is 0 Å². The largest absolute Gasteiger partial charge is 0.478 e. The summed E-state index contributed by atoms with van der Waals surface area (Å²) in [7, 11) is 3.35. The molecule has 0 aliphatic carbocycles. The Morgan fingerprint density at radius 3 is 1.95 bits per heavy atom. The summed E-state index contributed by atoms with van der Waals surface area (Å²) in [6.07, 6.45) is 2.49. The molecule has 0 radical (unpaired) electrons. The summed E-state index contributed by atoms with van der Waals surface area (Å²) in [5.41, 5.74) is 0.603. The molecule has 8 nitrogen and oxygen atoms in total. The fourth-order valence-electron chi connectivity index (χ4n) is 4.47. The topological polar surface area (TPSA) is 108 Å². The smallest absolute Gasteiger partial charge is 0.331 e. The lowest BCUT2D eigenvalue weighted by Gasteiger charge is -2.38. The van der Waals surface area contributed by atoms with E-state index in [4.69, 9.17) is 9.84 Å². The first-order valence-corrected chi connectivity index (χ1v) is 14.1. The molecule has 3 N–H and O–H groups in total. The van der Waals surface area contributed by atoms with Crippen LogP contribution in [-0.4, -0.2) is 67.1 Å². The van der Waals surface area contributed by atoms with Crippen molar-refractivity contribution in [3.05, 3.63) is 47.0 Å². The number of rotatable bonds is 14. The number of carbonyl (C=O) groups excluding carboxylic acids is 2. The van der Waals surface area contributed by atoms with Gasteiger partial charge in [0.1, 0.15) is 6.04 Å². The van der Waals surface area contributed by atoms with Gasteiger partial charge in [0.15, 0.2) is 0 Å². The van der Waals surface area contributed by atoms with Crippen LogP contribution in [0.1, 0.15) is 86.8 Å². The van der Waals surface area contributed by atoms with Gasteiger partial charge in [-0.2, -0.15) is 0 Å². The van der Waals surface area contributed by atoms with E-state index in [0.29, 0.717) is 12.5 Å². The molecule has 0 aliphatic heterocycles. The van der Waals surface area contributed by atoms with Gasteiger partial charge in [0, 0.05) is 31.2 Å². The van der Waals surface area contributed by atoms with Crippen LogP contribution in [0.15, 0.2) is 35.9 Å². The van der Waals surface area contributed by atoms with Crippen LogP contribution in [0.4, 0.5) is 0 Å². The summed E-state index contributed by atoms with van der Waals surface area (Å²) in [6.45, 7) is 20.5. The van der Waals surface area contributed by atoms with Gasteiger partial charge in [0.25, 0.3) is 0 Å². The van der Waals surface area contributed by atoms with Gasteiger partial charge in [-0.25, -0.2) is 4.79 Å². The van der Waals surface area contributed by atoms with Crippen LogP contribution in [0, 0.1) is 11.3 Å². The highest BCUT2D eigenvalue weighted by Crippen LogP contribution is 2.32. The van der Waals surface area contributed by atoms with E-state index in [1.165, 1.54) is 17.9 Å². The van der Waals surface area contributed by atoms with E-state index in [2.05, 4.69) is 50.5 Å². The van der Waals surface area contributed by atoms with Gasteiger partial charge in [0.2, 0.25) is 11.8 Å². The summed E-state index contributed by atoms with van der Waals surface area (Å²) < 4.78 is 6.17. The standard InChI is InChI=1S/C32H53N3O5/c1-21(2)18-20-40-32(9,10)24-15-13-23(14-16-24)31(7,8)25(33-11)27(36)34-26(30(4,5)6)28(37)35(12)19-17-22(3)29(38)39/h13-17,21,25-26,33H,18-20H2,1-12H3,(H,34,36)(H,38,39)/b22-17+/t25-,26?/m1/s1. The molecule has 1 rings (SSSR count). The van der Waals surface area contributed by atoms with E-state index in [0.717, 1.165) is 17.5 Å². The van der Waals surface area contributed by atoms with Crippen molar-refractivity contribution in [2.45, 2.75) is 98.8 Å². The number of amides is 2. The van der Waals surface area contributed by atoms with Crippen LogP contribution >= 0.6 is 0 Å². The number of aliphatic carboxylic acids is 1. The molecule has 0 saturated carbocycles. The SMILES string of the molecule is CN[C@H](C(=O)NC(C(=O)N(C)C/C=C(\C)C(=O)O)C(C)(C)C)C(C)(C)c1ccc(C(C)(C)OCCC(C)C)cc1. The van der Waals surface area contributed by atoms with Gasteiger partial charge in [-0.1, -0.05) is 78.8 Å². The number of carboxylic acids is 1. The van der Waals surface area contributed by atoms with Gasteiger partial charge < -0.3 is 25.4 Å². The van der Waals surface area contributed by atoms with Crippen LogP contribution < -0.4 is 10.6 Å². The van der Waals surface area contributed by atoms with Crippen molar-refractivity contribution in [1.29, 1.82) is 0 Å². The van der Waals surface area contributed by atoms with Gasteiger partial charge in [-0.05, 0) is 56.7 Å². The Kier molecular flexibility index (Phi) is 12.6. The van der Waals surface area contributed by atoms with E-state index in [-0.39, 0.29) is 23.9 Å². The fraction of sp³-hybridized carbons (Fsp3) is 0.656. The molecule has 226 valence electrons. The minimum Gasteiger partial charge on any atom is -0.478 e. The number of hydrogen-bond donors (Lipinski definition) is 3. The number of ether oxygens (including phenoxy) is 1. The Hall–Kier alpha value is -2.71. The van der Waals surface area contributed by atoms with Crippen molar-refractivity contribution in [2.75, 3.05) is 27.2 Å². The van der Waals surface area contributed by atoms with Gasteiger partial charge in [-0.15, -0.1) is 0 Å². The maximum atomic E-state index is 13.7. The third-order valence-electron chi connectivity index (χ3n) is 7.54. The summed E-state index contributed by atoms with van der Waals surface area (Å²) in [5.74, 6) is -1.02. The minimum absolute atomic E-state index is 0.129. The predicted molar refractivity (Wildman–Crippen MR) is 161 cm³/mol. The second-order valence-corrected chi connectivity index (χ2v) is 13.3. The number of carboxylic acid groups (broad SMARTS) is 1. The number of carbonyl (C=O) groups is 3. The zero-order chi connectivity index (χ0) is 31.1. The Balaban J connectivity index is 3.15. The second-order valence-electron chi connectivity index (χ2n) is 13.3. The van der Waals surface area contributed by atoms with Crippen LogP contribution in [0.25, 0.3) is 0 Å². The predicted octanol–water partition coefficient (Wildman–Crippen LogP) is 4.87. The minimum atomic E-state index is -1.03. The lowest BCUT2D eigenvalue weighted by Crippen LogP contribution is -2.60. The highest BCUT2D eigenvalue weighted by atomic mass is 16.5. The van der Waals surface area contributed by atoms with Crippen molar-refractivity contribution in [2.24, 2.45) is 11.3 Å². The van der Waals surface area contributed by atoms with Gasteiger partial charge in [-0.3, -0.25) is 9.59 Å². The van der Waals surface area contributed by atoms with E-state index in [9.17, 15) is 14.4 Å². The average Bonchev–Trinajstić information content (AvgIpc) is 2.84. The number of nitrogens with one attached hydrogen (secondary N) is 2. The molecule has 0 aromatic heterocycles. The quantitative estimate of drug-likeness (QED) is 0.281. The van der Waals surface area contributed by atoms with Crippen LogP contribution in [-0.2, 0) is 30.1 Å². The molecule has 1 aromatic rings. The molecule has 0 heterocycles. The normalized spacial score (nSPS) is 14.6. The van der Waals surface area contributed by atoms with Crippen molar-refractivity contribution in [1.82, 2.24) is 15.5 Å². The molecule has 2 atom stereocenters. The highest BCUT2D eigenvalue weighted by molar-refractivity contribution is 5.91. The molecule has 40 heavy (non-hydrogen) atoms. The first-order chi connectivity index (χ1) is 18.2. The molecule has 0 spiro atoms. The number of nitrogens with zero attached hydrogens (tertiary/aromatic N) is 1. The molecule has 2 amide bonds. The Morgan fingerprint density at radius 1 is 0.975 bits per heavy atom. The Morgan fingerprint density at radius 2 is 1.50 bits per heavy atom. The fourth-order valence-corrected chi connectivity index (χ4v) is 4.47. The monoisotopic (exact) mass is 559 g/mol. The summed E-state index contributed by atoms with van der Waals surface area (Å²) in [5, 5.41) is 15.3. The summed E-state index contributed by atoms with van der Waals surface area (Å²) in [6, 6.07) is 6.77. The molecular weight excluding hydrogens is 506 g/mol. The molecule has 0 aliphatic rings. The van der Waals surface area contributed by atoms with E-state index >= 15 is 0 Å². The molecule has 1 aromatic carbocycles. The first kappa shape index (κ1) is 35.3. The molecule has 0 bridgehead atoms. The molecular formula is C32H53N3O5. The van der Waals surface area contributed by atoms with Crippen molar-refractivity contribution in [3.63, 3.8) is 0 Å². The number of benzene rings is 1. The molecule has 0 fully saturated rings.